The van der Waals surface area contributed by atoms with E-state index < -0.39 is 10.0 Å². The molecule has 0 spiro atoms. The first-order chi connectivity index (χ1) is 7.97. The summed E-state index contributed by atoms with van der Waals surface area (Å²) in [6.07, 6.45) is 5.17. The van der Waals surface area contributed by atoms with Crippen molar-refractivity contribution in [1.82, 2.24) is 4.31 Å². The average Bonchev–Trinajstić information content (AvgIpc) is 2.67. The second kappa shape index (κ2) is 5.65. The second-order valence-corrected chi connectivity index (χ2v) is 6.81. The van der Waals surface area contributed by atoms with Crippen molar-refractivity contribution in [2.45, 2.75) is 24.6 Å². The van der Waals surface area contributed by atoms with E-state index in [2.05, 4.69) is 5.92 Å². The standard InChI is InChI=1S/C11H16N2O2S2/c1-4-6-13(5-2)17(14,15)11-7-9(3)10(8-12)16-11/h1,7H,5-6,8,12H2,2-3H3. The van der Waals surface area contributed by atoms with Crippen LogP contribution in [-0.4, -0.2) is 25.8 Å². The number of rotatable bonds is 5. The van der Waals surface area contributed by atoms with Crippen LogP contribution in [0.1, 0.15) is 17.4 Å². The molecular weight excluding hydrogens is 256 g/mol. The van der Waals surface area contributed by atoms with Crippen LogP contribution in [0.3, 0.4) is 0 Å². The third-order valence-corrected chi connectivity index (χ3v) is 6.03. The van der Waals surface area contributed by atoms with Crippen molar-refractivity contribution in [2.75, 3.05) is 13.1 Å². The molecule has 0 atom stereocenters. The maximum absolute atomic E-state index is 12.2. The molecule has 6 heteroatoms. The zero-order valence-corrected chi connectivity index (χ0v) is 11.6. The summed E-state index contributed by atoms with van der Waals surface area (Å²) < 4.78 is 26.1. The van der Waals surface area contributed by atoms with E-state index in [-0.39, 0.29) is 6.54 Å². The number of terminal acetylenes is 1. The van der Waals surface area contributed by atoms with Crippen LogP contribution < -0.4 is 5.73 Å². The quantitative estimate of drug-likeness (QED) is 0.818. The normalized spacial score (nSPS) is 11.7. The first-order valence-corrected chi connectivity index (χ1v) is 7.46. The molecule has 0 amide bonds. The highest BCUT2D eigenvalue weighted by Gasteiger charge is 2.24. The third kappa shape index (κ3) is 2.87. The molecule has 0 saturated carbocycles. The Labute approximate surface area is 106 Å². The molecule has 1 heterocycles. The fourth-order valence-corrected chi connectivity index (χ4v) is 4.40. The monoisotopic (exact) mass is 272 g/mol. The molecule has 0 aliphatic rings. The van der Waals surface area contributed by atoms with Crippen LogP contribution in [0.5, 0.6) is 0 Å². The highest BCUT2D eigenvalue weighted by Crippen LogP contribution is 2.27. The van der Waals surface area contributed by atoms with Gasteiger partial charge in [-0.15, -0.1) is 17.8 Å². The molecule has 4 nitrogen and oxygen atoms in total. The van der Waals surface area contributed by atoms with Crippen molar-refractivity contribution in [3.05, 3.63) is 16.5 Å². The fourth-order valence-electron chi connectivity index (χ4n) is 1.41. The van der Waals surface area contributed by atoms with Gasteiger partial charge in [0.25, 0.3) is 10.0 Å². The van der Waals surface area contributed by atoms with Crippen molar-refractivity contribution in [2.24, 2.45) is 5.73 Å². The summed E-state index contributed by atoms with van der Waals surface area (Å²) in [6, 6.07) is 1.65. The second-order valence-electron chi connectivity index (χ2n) is 3.51. The van der Waals surface area contributed by atoms with Crippen LogP contribution in [0.2, 0.25) is 0 Å². The average molecular weight is 272 g/mol. The Balaban J connectivity index is 3.16. The minimum atomic E-state index is -3.47. The summed E-state index contributed by atoms with van der Waals surface area (Å²) in [7, 11) is -3.47. The SMILES string of the molecule is C#CCN(CC)S(=O)(=O)c1cc(C)c(CN)s1. The van der Waals surface area contributed by atoms with Gasteiger partial charge in [0.2, 0.25) is 0 Å². The van der Waals surface area contributed by atoms with Crippen LogP contribution in [-0.2, 0) is 16.6 Å². The van der Waals surface area contributed by atoms with Gasteiger partial charge < -0.3 is 5.73 Å². The van der Waals surface area contributed by atoms with E-state index in [1.165, 1.54) is 15.6 Å². The fraction of sp³-hybridized carbons (Fsp3) is 0.455. The maximum atomic E-state index is 12.2. The summed E-state index contributed by atoms with van der Waals surface area (Å²) in [5.41, 5.74) is 6.45. The minimum Gasteiger partial charge on any atom is -0.326 e. The number of aryl methyl sites for hydroxylation is 1. The Morgan fingerprint density at radius 2 is 2.24 bits per heavy atom. The van der Waals surface area contributed by atoms with Gasteiger partial charge in [0.1, 0.15) is 4.21 Å². The first kappa shape index (κ1) is 14.2. The van der Waals surface area contributed by atoms with Crippen molar-refractivity contribution in [3.8, 4) is 12.3 Å². The van der Waals surface area contributed by atoms with Crippen molar-refractivity contribution < 1.29 is 8.42 Å². The van der Waals surface area contributed by atoms with E-state index in [9.17, 15) is 8.42 Å². The lowest BCUT2D eigenvalue weighted by atomic mass is 10.3. The van der Waals surface area contributed by atoms with E-state index in [1.54, 1.807) is 13.0 Å². The van der Waals surface area contributed by atoms with E-state index in [1.807, 2.05) is 6.92 Å². The number of hydrogen-bond donors (Lipinski definition) is 1. The highest BCUT2D eigenvalue weighted by molar-refractivity contribution is 7.91. The smallest absolute Gasteiger partial charge is 0.253 e. The molecule has 0 aliphatic heterocycles. The van der Waals surface area contributed by atoms with Gasteiger partial charge in [0, 0.05) is 18.0 Å². The van der Waals surface area contributed by atoms with Crippen molar-refractivity contribution in [1.29, 1.82) is 0 Å². The molecule has 1 aromatic heterocycles. The molecule has 94 valence electrons. The van der Waals surface area contributed by atoms with Gasteiger partial charge in [-0.2, -0.15) is 4.31 Å². The van der Waals surface area contributed by atoms with E-state index in [0.29, 0.717) is 17.3 Å². The topological polar surface area (TPSA) is 63.4 Å². The van der Waals surface area contributed by atoms with Gasteiger partial charge in [0.15, 0.2) is 0 Å². The van der Waals surface area contributed by atoms with Gasteiger partial charge in [-0.3, -0.25) is 0 Å². The predicted molar refractivity (Wildman–Crippen MR) is 70.2 cm³/mol. The summed E-state index contributed by atoms with van der Waals surface area (Å²) in [5.74, 6) is 2.36. The molecule has 0 fully saturated rings. The highest BCUT2D eigenvalue weighted by atomic mass is 32.2. The van der Waals surface area contributed by atoms with Gasteiger partial charge in [0.05, 0.1) is 6.54 Å². The van der Waals surface area contributed by atoms with Crippen molar-refractivity contribution >= 4 is 21.4 Å². The molecule has 0 saturated heterocycles. The maximum Gasteiger partial charge on any atom is 0.253 e. The van der Waals surface area contributed by atoms with Crippen LogP contribution >= 0.6 is 11.3 Å². The number of thiophene rings is 1. The molecule has 1 rings (SSSR count). The molecule has 1 aromatic rings. The summed E-state index contributed by atoms with van der Waals surface area (Å²) in [4.78, 5) is 0.889. The van der Waals surface area contributed by atoms with E-state index in [0.717, 1.165) is 10.4 Å². The third-order valence-electron chi connectivity index (χ3n) is 2.40. The van der Waals surface area contributed by atoms with Gasteiger partial charge in [-0.25, -0.2) is 8.42 Å². The lowest BCUT2D eigenvalue weighted by Gasteiger charge is -2.16. The summed E-state index contributed by atoms with van der Waals surface area (Å²) in [5, 5.41) is 0. The molecule has 0 aromatic carbocycles. The molecule has 0 aliphatic carbocycles. The van der Waals surface area contributed by atoms with Crippen molar-refractivity contribution in [3.63, 3.8) is 0 Å². The van der Waals surface area contributed by atoms with Gasteiger partial charge in [-0.05, 0) is 18.6 Å². The van der Waals surface area contributed by atoms with Crippen LogP contribution in [0.15, 0.2) is 10.3 Å². The summed E-state index contributed by atoms with van der Waals surface area (Å²) >= 11 is 1.21. The molecule has 17 heavy (non-hydrogen) atoms. The lowest BCUT2D eigenvalue weighted by molar-refractivity contribution is 0.466. The predicted octanol–water partition coefficient (Wildman–Crippen LogP) is 1.16. The lowest BCUT2D eigenvalue weighted by Crippen LogP contribution is -2.30. The largest absolute Gasteiger partial charge is 0.326 e. The Hall–Kier alpha value is -0.870. The zero-order chi connectivity index (χ0) is 13.1. The van der Waals surface area contributed by atoms with Crippen LogP contribution in [0.4, 0.5) is 0 Å². The van der Waals surface area contributed by atoms with E-state index >= 15 is 0 Å². The molecule has 0 bridgehead atoms. The molecular formula is C11H16N2O2S2. The Kier molecular flexibility index (Phi) is 4.71. The molecule has 0 radical (unpaired) electrons. The molecule has 0 unspecified atom stereocenters. The Bertz CT molecular complexity index is 526. The minimum absolute atomic E-state index is 0.0910. The Morgan fingerprint density at radius 3 is 2.65 bits per heavy atom. The Morgan fingerprint density at radius 1 is 1.59 bits per heavy atom. The summed E-state index contributed by atoms with van der Waals surface area (Å²) in [6.45, 7) is 4.43. The number of nitrogens with zero attached hydrogens (tertiary/aromatic N) is 1. The zero-order valence-electron chi connectivity index (χ0n) is 9.93. The molecule has 2 N–H and O–H groups in total. The number of hydrogen-bond acceptors (Lipinski definition) is 4. The van der Waals surface area contributed by atoms with Gasteiger partial charge >= 0.3 is 0 Å². The first-order valence-electron chi connectivity index (χ1n) is 5.20. The van der Waals surface area contributed by atoms with Crippen LogP contribution in [0.25, 0.3) is 0 Å². The number of sulfonamides is 1. The van der Waals surface area contributed by atoms with Crippen LogP contribution in [0, 0.1) is 19.3 Å². The number of nitrogens with two attached hydrogens (primary N) is 1. The van der Waals surface area contributed by atoms with Gasteiger partial charge in [-0.1, -0.05) is 12.8 Å². The van der Waals surface area contributed by atoms with E-state index in [4.69, 9.17) is 12.2 Å².